The van der Waals surface area contributed by atoms with Crippen LogP contribution in [-0.4, -0.2) is 83.9 Å². The fraction of sp³-hybridized carbons (Fsp3) is 0.905. The molecule has 1 aliphatic carbocycles. The molecular weight excluding hydrogens is 340 g/mol. The van der Waals surface area contributed by atoms with E-state index in [9.17, 15) is 9.59 Å². The van der Waals surface area contributed by atoms with Gasteiger partial charge in [0.1, 0.15) is 0 Å². The number of carbonyl (C=O) groups is 2. The fourth-order valence-corrected chi connectivity index (χ4v) is 4.79. The van der Waals surface area contributed by atoms with E-state index in [-0.39, 0.29) is 17.9 Å². The summed E-state index contributed by atoms with van der Waals surface area (Å²) in [4.78, 5) is 31.8. The predicted octanol–water partition coefficient (Wildman–Crippen LogP) is 1.84. The monoisotopic (exact) mass is 378 g/mol. The van der Waals surface area contributed by atoms with Crippen LogP contribution in [0, 0.1) is 0 Å². The van der Waals surface area contributed by atoms with Gasteiger partial charge in [0.05, 0.1) is 12.6 Å². The van der Waals surface area contributed by atoms with Crippen LogP contribution in [0.3, 0.4) is 0 Å². The molecule has 0 aromatic heterocycles. The van der Waals surface area contributed by atoms with Crippen molar-refractivity contribution in [1.82, 2.24) is 20.0 Å². The third-order valence-corrected chi connectivity index (χ3v) is 6.77. The average molecular weight is 379 g/mol. The van der Waals surface area contributed by atoms with Crippen LogP contribution < -0.4 is 5.32 Å². The smallest absolute Gasteiger partial charge is 0.237 e. The Morgan fingerprint density at radius 3 is 2.26 bits per heavy atom. The highest BCUT2D eigenvalue weighted by molar-refractivity contribution is 5.81. The van der Waals surface area contributed by atoms with Crippen molar-refractivity contribution in [3.05, 3.63) is 0 Å². The summed E-state index contributed by atoms with van der Waals surface area (Å²) >= 11 is 0. The van der Waals surface area contributed by atoms with E-state index in [1.54, 1.807) is 0 Å². The number of piperazine rings is 1. The van der Waals surface area contributed by atoms with Gasteiger partial charge in [-0.15, -0.1) is 0 Å². The van der Waals surface area contributed by atoms with Gasteiger partial charge in [-0.1, -0.05) is 19.3 Å². The number of likely N-dealkylation sites (tertiary alicyclic amines) is 1. The number of hydrogen-bond acceptors (Lipinski definition) is 4. The molecule has 0 aromatic rings. The Morgan fingerprint density at radius 1 is 0.926 bits per heavy atom. The topological polar surface area (TPSA) is 55.9 Å². The Balaban J connectivity index is 1.40. The largest absolute Gasteiger partial charge is 0.352 e. The number of nitrogens with zero attached hydrogens (tertiary/aromatic N) is 3. The lowest BCUT2D eigenvalue weighted by Gasteiger charge is -2.39. The van der Waals surface area contributed by atoms with Gasteiger partial charge in [-0.3, -0.25) is 19.4 Å². The summed E-state index contributed by atoms with van der Waals surface area (Å²) in [6, 6.07) is 0.682. The summed E-state index contributed by atoms with van der Waals surface area (Å²) < 4.78 is 0. The van der Waals surface area contributed by atoms with Gasteiger partial charge in [-0.25, -0.2) is 0 Å². The van der Waals surface area contributed by atoms with Gasteiger partial charge in [0.25, 0.3) is 0 Å². The van der Waals surface area contributed by atoms with Crippen LogP contribution in [0.4, 0.5) is 0 Å². The fourth-order valence-electron chi connectivity index (χ4n) is 4.79. The molecule has 0 bridgehead atoms. The first-order valence-electron chi connectivity index (χ1n) is 11.1. The molecule has 2 atom stereocenters. The second-order valence-corrected chi connectivity index (χ2v) is 8.76. The summed E-state index contributed by atoms with van der Waals surface area (Å²) in [6.07, 6.45) is 9.55. The number of hydrogen-bond donors (Lipinski definition) is 1. The first kappa shape index (κ1) is 20.6. The zero-order valence-electron chi connectivity index (χ0n) is 17.3. The molecule has 2 aliphatic heterocycles. The van der Waals surface area contributed by atoms with Gasteiger partial charge in [0, 0.05) is 44.8 Å². The molecule has 27 heavy (non-hydrogen) atoms. The summed E-state index contributed by atoms with van der Waals surface area (Å²) in [5, 5.41) is 3.25. The third-order valence-electron chi connectivity index (χ3n) is 6.77. The van der Waals surface area contributed by atoms with Gasteiger partial charge < -0.3 is 10.2 Å². The minimum atomic E-state index is -0.0769. The number of carbonyl (C=O) groups excluding carboxylic acids is 2. The average Bonchev–Trinajstić information content (AvgIpc) is 2.69. The Morgan fingerprint density at radius 2 is 1.59 bits per heavy atom. The first-order chi connectivity index (χ1) is 13.0. The molecule has 2 amide bonds. The van der Waals surface area contributed by atoms with Crippen LogP contribution in [-0.2, 0) is 9.59 Å². The molecule has 0 aromatic carbocycles. The molecule has 1 saturated carbocycles. The predicted molar refractivity (Wildman–Crippen MR) is 108 cm³/mol. The van der Waals surface area contributed by atoms with E-state index in [0.29, 0.717) is 18.6 Å². The van der Waals surface area contributed by atoms with Gasteiger partial charge in [-0.05, 0) is 46.0 Å². The minimum Gasteiger partial charge on any atom is -0.352 e. The first-order valence-corrected chi connectivity index (χ1v) is 11.1. The molecule has 2 saturated heterocycles. The zero-order chi connectivity index (χ0) is 19.2. The Hall–Kier alpha value is -1.14. The molecule has 0 radical (unpaired) electrons. The molecule has 2 heterocycles. The molecule has 3 fully saturated rings. The standard InChI is InChI=1S/C21H38N4O2/c1-17-8-6-7-11-25(17)20(26)16-23-12-14-24(15-13-23)18(2)21(27)22-19-9-4-3-5-10-19/h17-19H,3-16H2,1-2H3,(H,22,27). The van der Waals surface area contributed by atoms with Gasteiger partial charge in [0.15, 0.2) is 0 Å². The SMILES string of the molecule is CC(C(=O)NC1CCCCC1)N1CCN(CC(=O)N2CCCCC2C)CC1. The van der Waals surface area contributed by atoms with E-state index in [2.05, 4.69) is 26.9 Å². The maximum atomic E-state index is 12.6. The molecule has 1 N–H and O–H groups in total. The second kappa shape index (κ2) is 9.87. The van der Waals surface area contributed by atoms with E-state index in [1.165, 1.54) is 25.7 Å². The van der Waals surface area contributed by atoms with Crippen LogP contribution in [0.15, 0.2) is 0 Å². The molecule has 2 unspecified atom stereocenters. The van der Waals surface area contributed by atoms with E-state index < -0.39 is 0 Å². The van der Waals surface area contributed by atoms with Crippen molar-refractivity contribution in [2.75, 3.05) is 39.3 Å². The van der Waals surface area contributed by atoms with E-state index in [4.69, 9.17) is 0 Å². The summed E-state index contributed by atoms with van der Waals surface area (Å²) in [7, 11) is 0. The highest BCUT2D eigenvalue weighted by atomic mass is 16.2. The number of nitrogens with one attached hydrogen (secondary N) is 1. The molecule has 154 valence electrons. The zero-order valence-corrected chi connectivity index (χ0v) is 17.3. The molecule has 0 spiro atoms. The van der Waals surface area contributed by atoms with Crippen molar-refractivity contribution in [3.8, 4) is 0 Å². The van der Waals surface area contributed by atoms with Crippen molar-refractivity contribution in [3.63, 3.8) is 0 Å². The molecule has 6 heteroatoms. The van der Waals surface area contributed by atoms with Gasteiger partial charge in [-0.2, -0.15) is 0 Å². The van der Waals surface area contributed by atoms with Crippen LogP contribution in [0.1, 0.15) is 65.2 Å². The quantitative estimate of drug-likeness (QED) is 0.793. The Kier molecular flexibility index (Phi) is 7.53. The van der Waals surface area contributed by atoms with E-state index in [0.717, 1.165) is 58.4 Å². The van der Waals surface area contributed by atoms with Crippen molar-refractivity contribution < 1.29 is 9.59 Å². The minimum absolute atomic E-state index is 0.0769. The molecule has 3 rings (SSSR count). The lowest BCUT2D eigenvalue weighted by molar-refractivity contribution is -0.136. The molecular formula is C21H38N4O2. The maximum Gasteiger partial charge on any atom is 0.237 e. The molecule has 6 nitrogen and oxygen atoms in total. The Labute approximate surface area is 164 Å². The number of rotatable bonds is 5. The van der Waals surface area contributed by atoms with Crippen LogP contribution in [0.25, 0.3) is 0 Å². The van der Waals surface area contributed by atoms with Crippen molar-refractivity contribution in [2.45, 2.75) is 83.3 Å². The summed E-state index contributed by atoms with van der Waals surface area (Å²) in [5.41, 5.74) is 0. The molecule has 3 aliphatic rings. The van der Waals surface area contributed by atoms with Crippen molar-refractivity contribution in [2.24, 2.45) is 0 Å². The van der Waals surface area contributed by atoms with Crippen LogP contribution in [0.2, 0.25) is 0 Å². The van der Waals surface area contributed by atoms with E-state index in [1.807, 2.05) is 6.92 Å². The number of amides is 2. The third kappa shape index (κ3) is 5.67. The summed E-state index contributed by atoms with van der Waals surface area (Å²) in [5.74, 6) is 0.451. The highest BCUT2D eigenvalue weighted by Crippen LogP contribution is 2.19. The van der Waals surface area contributed by atoms with Gasteiger partial charge in [0.2, 0.25) is 11.8 Å². The van der Waals surface area contributed by atoms with E-state index >= 15 is 0 Å². The lowest BCUT2D eigenvalue weighted by Crippen LogP contribution is -2.56. The number of piperidine rings is 1. The van der Waals surface area contributed by atoms with Crippen LogP contribution in [0.5, 0.6) is 0 Å². The maximum absolute atomic E-state index is 12.6. The van der Waals surface area contributed by atoms with Crippen LogP contribution >= 0.6 is 0 Å². The van der Waals surface area contributed by atoms with Gasteiger partial charge >= 0.3 is 0 Å². The lowest BCUT2D eigenvalue weighted by atomic mass is 9.95. The highest BCUT2D eigenvalue weighted by Gasteiger charge is 2.29. The van der Waals surface area contributed by atoms with Crippen molar-refractivity contribution in [1.29, 1.82) is 0 Å². The normalized spacial score (nSPS) is 27.3. The summed E-state index contributed by atoms with van der Waals surface area (Å²) in [6.45, 7) is 9.10. The second-order valence-electron chi connectivity index (χ2n) is 8.76. The Bertz CT molecular complexity index is 498. The van der Waals surface area contributed by atoms with Crippen molar-refractivity contribution >= 4 is 11.8 Å².